The fourth-order valence-corrected chi connectivity index (χ4v) is 2.11. The Kier molecular flexibility index (Phi) is 6.48. The molecule has 0 bridgehead atoms. The predicted molar refractivity (Wildman–Crippen MR) is 89.7 cm³/mol. The van der Waals surface area contributed by atoms with Crippen molar-refractivity contribution in [3.05, 3.63) is 53.6 Å². The summed E-state index contributed by atoms with van der Waals surface area (Å²) in [6.45, 7) is -1.62. The topological polar surface area (TPSA) is 73.9 Å². The largest absolute Gasteiger partial charge is 0.496 e. The molecule has 2 rings (SSSR count). The summed E-state index contributed by atoms with van der Waals surface area (Å²) in [5, 5.41) is 2.48. The minimum absolute atomic E-state index is 0.0315. The molecule has 0 atom stereocenters. The smallest absolute Gasteiger partial charge is 0.387 e. The third-order valence-electron chi connectivity index (χ3n) is 3.27. The number of alkyl halides is 2. The van der Waals surface area contributed by atoms with Gasteiger partial charge in [0.2, 0.25) is 0 Å². The number of halogens is 2. The first-order valence-corrected chi connectivity index (χ1v) is 7.55. The van der Waals surface area contributed by atoms with Crippen LogP contribution in [0.25, 0.3) is 0 Å². The fourth-order valence-electron chi connectivity index (χ4n) is 2.11. The lowest BCUT2D eigenvalue weighted by molar-refractivity contribution is -0.119. The van der Waals surface area contributed by atoms with Gasteiger partial charge >= 0.3 is 12.6 Å². The number of esters is 1. The SMILES string of the molecule is COc1ccc(C)cc1C(=O)OCC(=O)Nc1ccc(OC(F)F)cc1. The lowest BCUT2D eigenvalue weighted by Gasteiger charge is -2.10. The van der Waals surface area contributed by atoms with E-state index in [1.165, 1.54) is 31.4 Å². The normalized spacial score (nSPS) is 10.3. The average Bonchev–Trinajstić information content (AvgIpc) is 2.61. The summed E-state index contributed by atoms with van der Waals surface area (Å²) in [6.07, 6.45) is 0. The van der Waals surface area contributed by atoms with Gasteiger partial charge in [-0.2, -0.15) is 8.78 Å². The van der Waals surface area contributed by atoms with Gasteiger partial charge in [-0.15, -0.1) is 0 Å². The molecule has 1 amide bonds. The van der Waals surface area contributed by atoms with E-state index in [0.29, 0.717) is 11.4 Å². The summed E-state index contributed by atoms with van der Waals surface area (Å²) < 4.78 is 38.4. The minimum Gasteiger partial charge on any atom is -0.496 e. The number of rotatable bonds is 7. The maximum absolute atomic E-state index is 12.1. The van der Waals surface area contributed by atoms with Crippen molar-refractivity contribution in [1.29, 1.82) is 0 Å². The van der Waals surface area contributed by atoms with Crippen LogP contribution in [0, 0.1) is 6.92 Å². The molecule has 0 saturated carbocycles. The Morgan fingerprint density at radius 2 is 1.81 bits per heavy atom. The van der Waals surface area contributed by atoms with Gasteiger partial charge in [0, 0.05) is 5.69 Å². The van der Waals surface area contributed by atoms with Gasteiger partial charge in [-0.25, -0.2) is 4.79 Å². The summed E-state index contributed by atoms with van der Waals surface area (Å²) in [5.41, 5.74) is 1.41. The Hall–Kier alpha value is -3.16. The lowest BCUT2D eigenvalue weighted by Crippen LogP contribution is -2.21. The number of hydrogen-bond acceptors (Lipinski definition) is 5. The van der Waals surface area contributed by atoms with E-state index in [-0.39, 0.29) is 11.3 Å². The molecule has 0 unspecified atom stereocenters. The van der Waals surface area contributed by atoms with Gasteiger partial charge < -0.3 is 19.5 Å². The van der Waals surface area contributed by atoms with E-state index in [4.69, 9.17) is 9.47 Å². The molecule has 0 fully saturated rings. The highest BCUT2D eigenvalue weighted by Crippen LogP contribution is 2.21. The number of hydrogen-bond donors (Lipinski definition) is 1. The van der Waals surface area contributed by atoms with Crippen LogP contribution in [-0.2, 0) is 9.53 Å². The maximum atomic E-state index is 12.1. The summed E-state index contributed by atoms with van der Waals surface area (Å²) in [5.74, 6) is -0.958. The van der Waals surface area contributed by atoms with Crippen molar-refractivity contribution in [2.24, 2.45) is 0 Å². The zero-order valence-corrected chi connectivity index (χ0v) is 14.1. The summed E-state index contributed by atoms with van der Waals surface area (Å²) in [6, 6.07) is 10.4. The van der Waals surface area contributed by atoms with E-state index in [9.17, 15) is 18.4 Å². The van der Waals surface area contributed by atoms with E-state index >= 15 is 0 Å². The highest BCUT2D eigenvalue weighted by atomic mass is 19.3. The molecule has 2 aromatic carbocycles. The number of anilines is 1. The number of ether oxygens (including phenoxy) is 3. The number of aryl methyl sites for hydroxylation is 1. The summed E-state index contributed by atoms with van der Waals surface area (Å²) in [7, 11) is 1.43. The van der Waals surface area contributed by atoms with Gasteiger partial charge in [0.25, 0.3) is 5.91 Å². The first-order valence-electron chi connectivity index (χ1n) is 7.55. The molecule has 0 aliphatic heterocycles. The van der Waals surface area contributed by atoms with Crippen molar-refractivity contribution < 1.29 is 32.6 Å². The number of methoxy groups -OCH3 is 1. The number of nitrogens with one attached hydrogen (secondary N) is 1. The molecule has 8 heteroatoms. The first kappa shape index (κ1) is 19.2. The minimum atomic E-state index is -2.92. The van der Waals surface area contributed by atoms with Gasteiger partial charge in [-0.1, -0.05) is 11.6 Å². The Morgan fingerprint density at radius 3 is 2.42 bits per heavy atom. The van der Waals surface area contributed by atoms with E-state index < -0.39 is 25.1 Å². The quantitative estimate of drug-likeness (QED) is 0.762. The second kappa shape index (κ2) is 8.80. The van der Waals surface area contributed by atoms with E-state index in [2.05, 4.69) is 10.1 Å². The Morgan fingerprint density at radius 1 is 1.12 bits per heavy atom. The molecule has 6 nitrogen and oxygen atoms in total. The van der Waals surface area contributed by atoms with Crippen molar-refractivity contribution >= 4 is 17.6 Å². The molecule has 26 heavy (non-hydrogen) atoms. The fraction of sp³-hybridized carbons (Fsp3) is 0.222. The molecule has 0 aromatic heterocycles. The van der Waals surface area contributed by atoms with Crippen LogP contribution in [0.2, 0.25) is 0 Å². The van der Waals surface area contributed by atoms with Gasteiger partial charge in [0.1, 0.15) is 17.1 Å². The van der Waals surface area contributed by atoms with Gasteiger partial charge in [0.05, 0.1) is 7.11 Å². The van der Waals surface area contributed by atoms with Gasteiger partial charge in [0.15, 0.2) is 6.61 Å². The molecular formula is C18H17F2NO5. The average molecular weight is 365 g/mol. The molecule has 1 N–H and O–H groups in total. The number of carbonyl (C=O) groups is 2. The van der Waals surface area contributed by atoms with Gasteiger partial charge in [-0.3, -0.25) is 4.79 Å². The molecular weight excluding hydrogens is 348 g/mol. The lowest BCUT2D eigenvalue weighted by atomic mass is 10.1. The van der Waals surface area contributed by atoms with E-state index in [1.54, 1.807) is 18.2 Å². The van der Waals surface area contributed by atoms with Crippen molar-refractivity contribution in [1.82, 2.24) is 0 Å². The number of benzene rings is 2. The molecule has 0 radical (unpaired) electrons. The standard InChI is InChI=1S/C18H17F2NO5/c1-11-3-8-15(24-2)14(9-11)17(23)25-10-16(22)21-12-4-6-13(7-5-12)26-18(19)20/h3-9,18H,10H2,1-2H3,(H,21,22). The van der Waals surface area contributed by atoms with Crippen LogP contribution in [0.15, 0.2) is 42.5 Å². The van der Waals surface area contributed by atoms with Crippen molar-refractivity contribution in [3.63, 3.8) is 0 Å². The maximum Gasteiger partial charge on any atom is 0.387 e. The summed E-state index contributed by atoms with van der Waals surface area (Å²) >= 11 is 0. The van der Waals surface area contributed by atoms with Crippen LogP contribution >= 0.6 is 0 Å². The molecule has 2 aromatic rings. The van der Waals surface area contributed by atoms with Gasteiger partial charge in [-0.05, 0) is 43.3 Å². The van der Waals surface area contributed by atoms with Crippen molar-refractivity contribution in [2.75, 3.05) is 19.0 Å². The molecule has 138 valence electrons. The molecule has 0 saturated heterocycles. The second-order valence-corrected chi connectivity index (χ2v) is 5.23. The third kappa shape index (κ3) is 5.44. The van der Waals surface area contributed by atoms with Crippen LogP contribution < -0.4 is 14.8 Å². The van der Waals surface area contributed by atoms with E-state index in [1.807, 2.05) is 6.92 Å². The molecule has 0 spiro atoms. The Balaban J connectivity index is 1.90. The third-order valence-corrected chi connectivity index (χ3v) is 3.27. The highest BCUT2D eigenvalue weighted by Gasteiger charge is 2.15. The number of carbonyl (C=O) groups excluding carboxylic acids is 2. The first-order chi connectivity index (χ1) is 12.4. The Labute approximate surface area is 148 Å². The van der Waals surface area contributed by atoms with Crippen LogP contribution in [0.3, 0.4) is 0 Å². The van der Waals surface area contributed by atoms with Crippen molar-refractivity contribution in [2.45, 2.75) is 13.5 Å². The van der Waals surface area contributed by atoms with Crippen LogP contribution in [0.5, 0.6) is 11.5 Å². The van der Waals surface area contributed by atoms with Crippen LogP contribution in [-0.4, -0.2) is 32.2 Å². The monoisotopic (exact) mass is 365 g/mol. The zero-order valence-electron chi connectivity index (χ0n) is 14.1. The summed E-state index contributed by atoms with van der Waals surface area (Å²) in [4.78, 5) is 24.0. The predicted octanol–water partition coefficient (Wildman–Crippen LogP) is 3.40. The molecule has 0 aliphatic rings. The Bertz CT molecular complexity index is 778. The highest BCUT2D eigenvalue weighted by molar-refractivity contribution is 5.96. The molecule has 0 heterocycles. The van der Waals surface area contributed by atoms with E-state index in [0.717, 1.165) is 5.56 Å². The van der Waals surface area contributed by atoms with Crippen molar-refractivity contribution in [3.8, 4) is 11.5 Å². The second-order valence-electron chi connectivity index (χ2n) is 5.23. The number of amides is 1. The van der Waals surface area contributed by atoms with Crippen LogP contribution in [0.1, 0.15) is 15.9 Å². The zero-order chi connectivity index (χ0) is 19.1. The van der Waals surface area contributed by atoms with Crippen LogP contribution in [0.4, 0.5) is 14.5 Å². The molecule has 0 aliphatic carbocycles.